The van der Waals surface area contributed by atoms with E-state index in [-0.39, 0.29) is 0 Å². The summed E-state index contributed by atoms with van der Waals surface area (Å²) in [4.78, 5) is 4.51. The number of fused-ring (bicyclic) bond motifs is 3. The number of hydrogen-bond donors (Lipinski definition) is 1. The van der Waals surface area contributed by atoms with Crippen molar-refractivity contribution in [1.82, 2.24) is 4.98 Å². The Morgan fingerprint density at radius 2 is 1.93 bits per heavy atom. The number of hydrogen-bond acceptors (Lipinski definition) is 3. The van der Waals surface area contributed by atoms with Crippen molar-refractivity contribution in [3.8, 4) is 22.8 Å². The van der Waals surface area contributed by atoms with Crippen molar-refractivity contribution in [3.63, 3.8) is 0 Å². The first-order chi connectivity index (χ1) is 13.1. The second-order valence-corrected chi connectivity index (χ2v) is 7.97. The van der Waals surface area contributed by atoms with Crippen molar-refractivity contribution in [1.29, 1.82) is 0 Å². The second kappa shape index (κ2) is 6.12. The number of aryl methyl sites for hydroxylation is 2. The van der Waals surface area contributed by atoms with Crippen LogP contribution in [-0.2, 0) is 13.0 Å². The molecule has 0 spiro atoms. The van der Waals surface area contributed by atoms with Crippen LogP contribution in [0.25, 0.3) is 11.1 Å². The number of rotatable bonds is 4. The molecule has 3 heteroatoms. The van der Waals surface area contributed by atoms with Crippen LogP contribution < -0.4 is 4.74 Å². The zero-order valence-corrected chi connectivity index (χ0v) is 15.7. The number of pyridine rings is 1. The van der Waals surface area contributed by atoms with Crippen molar-refractivity contribution in [2.24, 2.45) is 5.92 Å². The molecular weight excluding hydrogens is 334 g/mol. The molecule has 2 aliphatic rings. The van der Waals surface area contributed by atoms with Crippen molar-refractivity contribution >= 4 is 0 Å². The third kappa shape index (κ3) is 2.97. The maximum atomic E-state index is 9.79. The standard InChI is InChI=1S/C24H23NO2/c1-14-6-20(26)7-15(2)24(14)17-5-3-4-16(8-17)13-27-23-11-19-9-18-10-21(18)22(19)12-25-23/h3-8,11-12,18,21,26H,9-10,13H2,1-2H3. The van der Waals surface area contributed by atoms with Crippen LogP contribution in [0.2, 0.25) is 0 Å². The van der Waals surface area contributed by atoms with Crippen molar-refractivity contribution in [2.45, 2.75) is 39.2 Å². The Morgan fingerprint density at radius 3 is 2.74 bits per heavy atom. The fourth-order valence-corrected chi connectivity index (χ4v) is 4.58. The maximum absolute atomic E-state index is 9.79. The van der Waals surface area contributed by atoms with Gasteiger partial charge in [0.25, 0.3) is 0 Å². The summed E-state index contributed by atoms with van der Waals surface area (Å²) in [6, 6.07) is 14.2. The topological polar surface area (TPSA) is 42.4 Å². The Morgan fingerprint density at radius 1 is 1.11 bits per heavy atom. The number of ether oxygens (including phenoxy) is 1. The van der Waals surface area contributed by atoms with Crippen LogP contribution in [0.4, 0.5) is 0 Å². The van der Waals surface area contributed by atoms with E-state index in [0.29, 0.717) is 12.4 Å². The SMILES string of the molecule is Cc1cc(O)cc(C)c1-c1cccc(COc2cc3c(cn2)C2CC2C3)c1. The van der Waals surface area contributed by atoms with Gasteiger partial charge in [-0.2, -0.15) is 0 Å². The van der Waals surface area contributed by atoms with E-state index in [0.717, 1.165) is 40.0 Å². The smallest absolute Gasteiger partial charge is 0.213 e. The van der Waals surface area contributed by atoms with E-state index in [4.69, 9.17) is 4.74 Å². The van der Waals surface area contributed by atoms with Gasteiger partial charge in [-0.05, 0) is 95.7 Å². The first-order valence-corrected chi connectivity index (χ1v) is 9.59. The molecular formula is C24H23NO2. The summed E-state index contributed by atoms with van der Waals surface area (Å²) in [7, 11) is 0. The van der Waals surface area contributed by atoms with Gasteiger partial charge in [-0.3, -0.25) is 0 Å². The number of nitrogens with zero attached hydrogens (tertiary/aromatic N) is 1. The minimum atomic E-state index is 0.313. The lowest BCUT2D eigenvalue weighted by Gasteiger charge is -2.13. The Balaban J connectivity index is 1.36. The highest BCUT2D eigenvalue weighted by Gasteiger charge is 2.45. The predicted molar refractivity (Wildman–Crippen MR) is 106 cm³/mol. The van der Waals surface area contributed by atoms with Crippen LogP contribution in [0.15, 0.2) is 48.7 Å². The van der Waals surface area contributed by atoms with E-state index in [1.165, 1.54) is 29.5 Å². The van der Waals surface area contributed by atoms with Gasteiger partial charge in [-0.25, -0.2) is 4.98 Å². The molecule has 2 atom stereocenters. The van der Waals surface area contributed by atoms with Gasteiger partial charge >= 0.3 is 0 Å². The van der Waals surface area contributed by atoms with Gasteiger partial charge in [0, 0.05) is 12.3 Å². The highest BCUT2D eigenvalue weighted by atomic mass is 16.5. The Bertz CT molecular complexity index is 1020. The van der Waals surface area contributed by atoms with Crippen LogP contribution in [-0.4, -0.2) is 10.1 Å². The molecule has 27 heavy (non-hydrogen) atoms. The molecule has 1 fully saturated rings. The molecule has 0 amide bonds. The molecule has 0 bridgehead atoms. The van der Waals surface area contributed by atoms with E-state index in [1.54, 1.807) is 0 Å². The van der Waals surface area contributed by atoms with Crippen molar-refractivity contribution < 1.29 is 9.84 Å². The van der Waals surface area contributed by atoms with E-state index in [1.807, 2.05) is 32.2 Å². The average molecular weight is 357 g/mol. The van der Waals surface area contributed by atoms with Gasteiger partial charge in [0.05, 0.1) is 0 Å². The fraction of sp³-hybridized carbons (Fsp3) is 0.292. The highest BCUT2D eigenvalue weighted by Crippen LogP contribution is 2.56. The van der Waals surface area contributed by atoms with Crippen LogP contribution in [0.3, 0.4) is 0 Å². The molecule has 0 saturated heterocycles. The Hall–Kier alpha value is -2.81. The number of aromatic nitrogens is 1. The molecule has 2 aromatic carbocycles. The summed E-state index contributed by atoms with van der Waals surface area (Å²) < 4.78 is 5.99. The van der Waals surface area contributed by atoms with Crippen LogP contribution in [0, 0.1) is 19.8 Å². The van der Waals surface area contributed by atoms with E-state index in [2.05, 4.69) is 35.3 Å². The van der Waals surface area contributed by atoms with Crippen molar-refractivity contribution in [3.05, 3.63) is 76.5 Å². The zero-order valence-electron chi connectivity index (χ0n) is 15.7. The van der Waals surface area contributed by atoms with Gasteiger partial charge < -0.3 is 9.84 Å². The molecule has 1 saturated carbocycles. The average Bonchev–Trinajstić information content (AvgIpc) is 3.31. The summed E-state index contributed by atoms with van der Waals surface area (Å²) >= 11 is 0. The van der Waals surface area contributed by atoms with Crippen LogP contribution in [0.5, 0.6) is 11.6 Å². The normalized spacial score (nSPS) is 19.5. The number of aromatic hydroxyl groups is 1. The first kappa shape index (κ1) is 16.4. The molecule has 0 aliphatic heterocycles. The third-order valence-electron chi connectivity index (χ3n) is 5.92. The quantitative estimate of drug-likeness (QED) is 0.688. The lowest BCUT2D eigenvalue weighted by molar-refractivity contribution is 0.293. The summed E-state index contributed by atoms with van der Waals surface area (Å²) in [6.45, 7) is 4.57. The highest BCUT2D eigenvalue weighted by molar-refractivity contribution is 5.72. The molecule has 1 aromatic heterocycles. The lowest BCUT2D eigenvalue weighted by atomic mass is 9.94. The van der Waals surface area contributed by atoms with E-state index < -0.39 is 0 Å². The molecule has 3 nitrogen and oxygen atoms in total. The Labute approximate surface area is 159 Å². The number of phenols is 1. The predicted octanol–water partition coefficient (Wildman–Crippen LogP) is 5.31. The molecule has 3 aromatic rings. The zero-order chi connectivity index (χ0) is 18.5. The minimum absolute atomic E-state index is 0.313. The molecule has 0 radical (unpaired) electrons. The number of phenolic OH excluding ortho intramolecular Hbond substituents is 1. The van der Waals surface area contributed by atoms with Gasteiger partial charge in [0.2, 0.25) is 5.88 Å². The second-order valence-electron chi connectivity index (χ2n) is 7.97. The monoisotopic (exact) mass is 357 g/mol. The minimum Gasteiger partial charge on any atom is -0.508 e. The summed E-state index contributed by atoms with van der Waals surface area (Å²) in [5.41, 5.74) is 8.44. The summed E-state index contributed by atoms with van der Waals surface area (Å²) in [6.07, 6.45) is 4.55. The largest absolute Gasteiger partial charge is 0.508 e. The molecule has 2 aliphatic carbocycles. The van der Waals surface area contributed by atoms with Gasteiger partial charge in [0.1, 0.15) is 12.4 Å². The van der Waals surface area contributed by atoms with Gasteiger partial charge in [-0.1, -0.05) is 18.2 Å². The van der Waals surface area contributed by atoms with Crippen LogP contribution >= 0.6 is 0 Å². The van der Waals surface area contributed by atoms with Crippen molar-refractivity contribution in [2.75, 3.05) is 0 Å². The summed E-state index contributed by atoms with van der Waals surface area (Å²) in [5, 5.41) is 9.79. The molecule has 5 rings (SSSR count). The molecule has 1 heterocycles. The molecule has 2 unspecified atom stereocenters. The summed E-state index contributed by atoms with van der Waals surface area (Å²) in [5.74, 6) is 2.67. The first-order valence-electron chi connectivity index (χ1n) is 9.59. The third-order valence-corrected chi connectivity index (χ3v) is 5.92. The van der Waals surface area contributed by atoms with Gasteiger partial charge in [0.15, 0.2) is 0 Å². The fourth-order valence-electron chi connectivity index (χ4n) is 4.58. The maximum Gasteiger partial charge on any atom is 0.213 e. The lowest BCUT2D eigenvalue weighted by Crippen LogP contribution is -1.99. The Kier molecular flexibility index (Phi) is 3.71. The van der Waals surface area contributed by atoms with E-state index >= 15 is 0 Å². The van der Waals surface area contributed by atoms with Gasteiger partial charge in [-0.15, -0.1) is 0 Å². The number of benzene rings is 2. The molecule has 1 N–H and O–H groups in total. The van der Waals surface area contributed by atoms with Crippen LogP contribution in [0.1, 0.15) is 40.2 Å². The van der Waals surface area contributed by atoms with E-state index in [9.17, 15) is 5.11 Å². The molecule has 136 valence electrons.